The molecule has 1 aliphatic rings. The molecule has 2 unspecified atom stereocenters. The van der Waals surface area contributed by atoms with Gasteiger partial charge in [0.2, 0.25) is 5.91 Å². The Morgan fingerprint density at radius 3 is 2.61 bits per heavy atom. The lowest BCUT2D eigenvalue weighted by Gasteiger charge is -2.57. The summed E-state index contributed by atoms with van der Waals surface area (Å²) in [7, 11) is 0. The molecule has 6 nitrogen and oxygen atoms in total. The molecule has 7 heteroatoms. The molecule has 0 saturated heterocycles. The first kappa shape index (κ1) is 20.2. The molecular weight excluding hydrogens is 361 g/mol. The molecule has 3 N–H and O–H groups in total. The topological polar surface area (TPSA) is 86.3 Å². The van der Waals surface area contributed by atoms with E-state index in [2.05, 4.69) is 5.32 Å². The number of rotatable bonds is 6. The monoisotopic (exact) mass is 387 g/mol. The number of aromatic nitrogens is 1. The van der Waals surface area contributed by atoms with E-state index < -0.39 is 16.9 Å². The van der Waals surface area contributed by atoms with E-state index in [0.717, 1.165) is 5.56 Å². The van der Waals surface area contributed by atoms with Crippen molar-refractivity contribution in [3.05, 3.63) is 64.3 Å². The summed E-state index contributed by atoms with van der Waals surface area (Å²) >= 11 is 0. The normalized spacial score (nSPS) is 23.1. The number of nitrogens with two attached hydrogens (primary N) is 1. The molecule has 1 saturated carbocycles. The third kappa shape index (κ3) is 3.47. The summed E-state index contributed by atoms with van der Waals surface area (Å²) < 4.78 is 20.2. The molecule has 1 aromatic carbocycles. The van der Waals surface area contributed by atoms with Gasteiger partial charge in [-0.2, -0.15) is 0 Å². The Bertz CT molecular complexity index is 923. The van der Waals surface area contributed by atoms with E-state index in [-0.39, 0.29) is 29.7 Å². The average molecular weight is 387 g/mol. The van der Waals surface area contributed by atoms with Crippen LogP contribution in [0.4, 0.5) is 10.1 Å². The molecule has 1 aromatic heterocycles. The van der Waals surface area contributed by atoms with Gasteiger partial charge in [-0.25, -0.2) is 4.39 Å². The molecule has 1 amide bonds. The molecule has 1 fully saturated rings. The minimum absolute atomic E-state index is 0.0980. The summed E-state index contributed by atoms with van der Waals surface area (Å²) in [4.78, 5) is 25.6. The summed E-state index contributed by atoms with van der Waals surface area (Å²) in [5, 5.41) is 2.69. The molecule has 0 aliphatic heterocycles. The maximum atomic E-state index is 13.1. The molecule has 2 atom stereocenters. The molecule has 0 bridgehead atoms. The van der Waals surface area contributed by atoms with Crippen molar-refractivity contribution < 1.29 is 13.9 Å². The lowest BCUT2D eigenvalue weighted by atomic mass is 9.54. The number of halogens is 1. The van der Waals surface area contributed by atoms with Gasteiger partial charge in [-0.1, -0.05) is 26.0 Å². The number of amides is 1. The number of benzene rings is 1. The number of carbonyl (C=O) groups excluding carboxylic acids is 1. The Morgan fingerprint density at radius 2 is 2.00 bits per heavy atom. The van der Waals surface area contributed by atoms with E-state index in [1.54, 1.807) is 30.5 Å². The van der Waals surface area contributed by atoms with Crippen LogP contribution in [0.2, 0.25) is 0 Å². The fraction of sp³-hybridized carbons (Fsp3) is 0.429. The smallest absolute Gasteiger partial charge is 0.274 e. The molecular formula is C21H26FN3O3. The van der Waals surface area contributed by atoms with Crippen LogP contribution in [0.1, 0.15) is 32.8 Å². The van der Waals surface area contributed by atoms with E-state index >= 15 is 0 Å². The Morgan fingerprint density at radius 1 is 1.32 bits per heavy atom. The number of anilines is 1. The molecule has 1 heterocycles. The van der Waals surface area contributed by atoms with Crippen molar-refractivity contribution in [2.45, 2.75) is 45.4 Å². The predicted octanol–water partition coefficient (Wildman–Crippen LogP) is 2.51. The van der Waals surface area contributed by atoms with Gasteiger partial charge in [-0.05, 0) is 36.8 Å². The predicted molar refractivity (Wildman–Crippen MR) is 106 cm³/mol. The zero-order valence-electron chi connectivity index (χ0n) is 16.4. The van der Waals surface area contributed by atoms with Crippen molar-refractivity contribution in [1.82, 2.24) is 4.57 Å². The lowest BCUT2D eigenvalue weighted by Crippen LogP contribution is -2.74. The van der Waals surface area contributed by atoms with Gasteiger partial charge in [0.05, 0.1) is 12.6 Å². The number of nitrogens with zero attached hydrogens (tertiary/aromatic N) is 1. The van der Waals surface area contributed by atoms with Crippen molar-refractivity contribution in [2.75, 3.05) is 11.9 Å². The second-order valence-corrected chi connectivity index (χ2v) is 7.78. The van der Waals surface area contributed by atoms with Crippen LogP contribution in [0.25, 0.3) is 0 Å². The molecule has 150 valence electrons. The zero-order valence-corrected chi connectivity index (χ0v) is 16.4. The third-order valence-electron chi connectivity index (χ3n) is 5.77. The number of nitrogens with one attached hydrogen (secondary N) is 1. The number of pyridine rings is 1. The highest BCUT2D eigenvalue weighted by Crippen LogP contribution is 2.50. The summed E-state index contributed by atoms with van der Waals surface area (Å²) in [6.45, 7) is 6.52. The molecule has 0 spiro atoms. The average Bonchev–Trinajstić information content (AvgIpc) is 2.66. The SMILES string of the molecule is CCOC1CC(N)(C(=O)Nc2cccn(Cc3ccc(F)cc3)c2=O)C1(C)C. The van der Waals surface area contributed by atoms with Crippen LogP contribution in [0.5, 0.6) is 0 Å². The summed E-state index contributed by atoms with van der Waals surface area (Å²) in [5.41, 5.74) is 5.32. The Kier molecular flexibility index (Phi) is 5.41. The second kappa shape index (κ2) is 7.48. The third-order valence-corrected chi connectivity index (χ3v) is 5.77. The fourth-order valence-electron chi connectivity index (χ4n) is 3.60. The van der Waals surface area contributed by atoms with Crippen LogP contribution in [0, 0.1) is 11.2 Å². The maximum absolute atomic E-state index is 13.1. The summed E-state index contributed by atoms with van der Waals surface area (Å²) in [6.07, 6.45) is 1.92. The first-order valence-electron chi connectivity index (χ1n) is 9.35. The molecule has 1 aliphatic carbocycles. The van der Waals surface area contributed by atoms with Crippen LogP contribution in [-0.2, 0) is 16.1 Å². The van der Waals surface area contributed by atoms with Crippen LogP contribution >= 0.6 is 0 Å². The van der Waals surface area contributed by atoms with Crippen molar-refractivity contribution in [2.24, 2.45) is 11.1 Å². The number of ether oxygens (including phenoxy) is 1. The standard InChI is InChI=1S/C21H26FN3O3/c1-4-28-17-12-21(23,20(17,2)3)19(27)24-16-6-5-11-25(18(16)26)13-14-7-9-15(22)10-8-14/h5-11,17H,4,12-13,23H2,1-3H3,(H,24,27). The molecule has 3 rings (SSSR count). The van der Waals surface area contributed by atoms with E-state index in [4.69, 9.17) is 10.5 Å². The minimum atomic E-state index is -1.11. The first-order valence-corrected chi connectivity index (χ1v) is 9.35. The first-order chi connectivity index (χ1) is 13.2. The van der Waals surface area contributed by atoms with E-state index in [0.29, 0.717) is 13.0 Å². The van der Waals surface area contributed by atoms with Crippen molar-refractivity contribution in [3.63, 3.8) is 0 Å². The van der Waals surface area contributed by atoms with E-state index in [9.17, 15) is 14.0 Å². The van der Waals surface area contributed by atoms with Gasteiger partial charge in [-0.3, -0.25) is 9.59 Å². The van der Waals surface area contributed by atoms with E-state index in [1.807, 2.05) is 20.8 Å². The molecule has 2 aromatic rings. The van der Waals surface area contributed by atoms with Gasteiger partial charge in [0.1, 0.15) is 17.0 Å². The molecule has 0 radical (unpaired) electrons. The highest BCUT2D eigenvalue weighted by atomic mass is 19.1. The van der Waals surface area contributed by atoms with Crippen LogP contribution in [-0.4, -0.2) is 28.7 Å². The van der Waals surface area contributed by atoms with Gasteiger partial charge in [0, 0.05) is 24.6 Å². The van der Waals surface area contributed by atoms with Crippen molar-refractivity contribution in [1.29, 1.82) is 0 Å². The van der Waals surface area contributed by atoms with Gasteiger partial charge in [0.15, 0.2) is 0 Å². The van der Waals surface area contributed by atoms with Gasteiger partial charge in [-0.15, -0.1) is 0 Å². The Labute approximate surface area is 163 Å². The maximum Gasteiger partial charge on any atom is 0.274 e. The van der Waals surface area contributed by atoms with Crippen LogP contribution in [0.15, 0.2) is 47.4 Å². The van der Waals surface area contributed by atoms with Crippen LogP contribution < -0.4 is 16.6 Å². The lowest BCUT2D eigenvalue weighted by molar-refractivity contribution is -0.166. The number of hydrogen-bond acceptors (Lipinski definition) is 4. The van der Waals surface area contributed by atoms with E-state index in [1.165, 1.54) is 16.7 Å². The summed E-state index contributed by atoms with van der Waals surface area (Å²) in [5.74, 6) is -0.732. The highest BCUT2D eigenvalue weighted by molar-refractivity contribution is 5.99. The Balaban J connectivity index is 1.77. The zero-order chi connectivity index (χ0) is 20.5. The highest BCUT2D eigenvalue weighted by Gasteiger charge is 2.62. The Hall–Kier alpha value is -2.51. The second-order valence-electron chi connectivity index (χ2n) is 7.78. The molecule has 28 heavy (non-hydrogen) atoms. The van der Waals surface area contributed by atoms with Crippen LogP contribution in [0.3, 0.4) is 0 Å². The van der Waals surface area contributed by atoms with Crippen molar-refractivity contribution in [3.8, 4) is 0 Å². The minimum Gasteiger partial charge on any atom is -0.378 e. The van der Waals surface area contributed by atoms with Crippen molar-refractivity contribution >= 4 is 11.6 Å². The quantitative estimate of drug-likeness (QED) is 0.797. The summed E-state index contributed by atoms with van der Waals surface area (Å²) in [6, 6.07) is 9.16. The van der Waals surface area contributed by atoms with Gasteiger partial charge < -0.3 is 20.4 Å². The number of hydrogen-bond donors (Lipinski definition) is 2. The fourth-order valence-corrected chi connectivity index (χ4v) is 3.60. The largest absolute Gasteiger partial charge is 0.378 e. The number of carbonyl (C=O) groups is 1. The van der Waals surface area contributed by atoms with Gasteiger partial charge >= 0.3 is 0 Å². The van der Waals surface area contributed by atoms with Gasteiger partial charge in [0.25, 0.3) is 5.56 Å².